The van der Waals surface area contributed by atoms with E-state index in [0.717, 1.165) is 23.9 Å². The zero-order valence-corrected chi connectivity index (χ0v) is 10.5. The van der Waals surface area contributed by atoms with Gasteiger partial charge in [0.05, 0.1) is 17.6 Å². The van der Waals surface area contributed by atoms with E-state index in [9.17, 15) is 9.18 Å². The van der Waals surface area contributed by atoms with Crippen molar-refractivity contribution < 1.29 is 4.39 Å². The van der Waals surface area contributed by atoms with E-state index < -0.39 is 0 Å². The Morgan fingerprint density at radius 2 is 2.00 bits per heavy atom. The van der Waals surface area contributed by atoms with E-state index in [1.165, 1.54) is 16.8 Å². The standard InChI is InChI=1S/C14H11FN4O/c15-9-3-5-10(6-4-9)19-13-11(7-16-19)12(8-1-2-8)17-18-14(13)20/h3-8H,1-2H2,(H,18,20). The highest BCUT2D eigenvalue weighted by Crippen LogP contribution is 2.41. The fraction of sp³-hybridized carbons (Fsp3) is 0.214. The highest BCUT2D eigenvalue weighted by Gasteiger charge is 2.29. The summed E-state index contributed by atoms with van der Waals surface area (Å²) in [5, 5.41) is 11.7. The largest absolute Gasteiger partial charge is 0.290 e. The Morgan fingerprint density at radius 1 is 1.25 bits per heavy atom. The minimum atomic E-state index is -0.320. The first-order valence-corrected chi connectivity index (χ1v) is 6.46. The SMILES string of the molecule is O=c1[nH]nc(C2CC2)c2cnn(-c3ccc(F)cc3)c12. The van der Waals surface area contributed by atoms with Gasteiger partial charge in [-0.05, 0) is 37.1 Å². The average molecular weight is 270 g/mol. The lowest BCUT2D eigenvalue weighted by atomic mass is 10.2. The predicted molar refractivity (Wildman–Crippen MR) is 71.4 cm³/mol. The second-order valence-electron chi connectivity index (χ2n) is 5.01. The first-order chi connectivity index (χ1) is 9.74. The van der Waals surface area contributed by atoms with Crippen LogP contribution in [0.2, 0.25) is 0 Å². The molecule has 1 saturated carbocycles. The third kappa shape index (κ3) is 1.65. The lowest BCUT2D eigenvalue weighted by Crippen LogP contribution is -2.14. The van der Waals surface area contributed by atoms with Crippen molar-refractivity contribution in [1.29, 1.82) is 0 Å². The molecule has 0 atom stereocenters. The number of hydrogen-bond acceptors (Lipinski definition) is 3. The van der Waals surface area contributed by atoms with Crippen LogP contribution in [0.5, 0.6) is 0 Å². The second-order valence-corrected chi connectivity index (χ2v) is 5.01. The number of H-pyrrole nitrogens is 1. The van der Waals surface area contributed by atoms with Crippen LogP contribution in [-0.2, 0) is 0 Å². The lowest BCUT2D eigenvalue weighted by molar-refractivity contribution is 0.627. The molecule has 4 rings (SSSR count). The molecule has 2 aromatic heterocycles. The van der Waals surface area contributed by atoms with Gasteiger partial charge in [-0.1, -0.05) is 0 Å². The van der Waals surface area contributed by atoms with Crippen LogP contribution in [0.25, 0.3) is 16.6 Å². The molecule has 0 radical (unpaired) electrons. The number of halogens is 1. The van der Waals surface area contributed by atoms with Crippen molar-refractivity contribution in [3.8, 4) is 5.69 Å². The van der Waals surface area contributed by atoms with Gasteiger partial charge in [-0.15, -0.1) is 0 Å². The third-order valence-corrected chi connectivity index (χ3v) is 3.57. The fourth-order valence-corrected chi connectivity index (χ4v) is 2.42. The van der Waals surface area contributed by atoms with Crippen LogP contribution in [0.15, 0.2) is 35.3 Å². The molecule has 1 fully saturated rings. The minimum Gasteiger partial charge on any atom is -0.266 e. The molecule has 1 N–H and O–H groups in total. The van der Waals surface area contributed by atoms with E-state index in [1.54, 1.807) is 18.3 Å². The van der Waals surface area contributed by atoms with Crippen molar-refractivity contribution >= 4 is 10.9 Å². The van der Waals surface area contributed by atoms with Crippen LogP contribution < -0.4 is 5.56 Å². The maximum absolute atomic E-state index is 13.0. The van der Waals surface area contributed by atoms with Gasteiger partial charge in [0.25, 0.3) is 5.56 Å². The van der Waals surface area contributed by atoms with Crippen molar-refractivity contribution in [3.63, 3.8) is 0 Å². The van der Waals surface area contributed by atoms with E-state index in [1.807, 2.05) is 0 Å². The number of rotatable bonds is 2. The Morgan fingerprint density at radius 3 is 2.70 bits per heavy atom. The second kappa shape index (κ2) is 4.00. The van der Waals surface area contributed by atoms with Crippen LogP contribution in [0.3, 0.4) is 0 Å². The van der Waals surface area contributed by atoms with Crippen molar-refractivity contribution in [2.75, 3.05) is 0 Å². The Hall–Kier alpha value is -2.50. The van der Waals surface area contributed by atoms with Crippen LogP contribution >= 0.6 is 0 Å². The Balaban J connectivity index is 1.99. The van der Waals surface area contributed by atoms with Gasteiger partial charge in [-0.25, -0.2) is 14.2 Å². The van der Waals surface area contributed by atoms with Crippen molar-refractivity contribution in [2.24, 2.45) is 0 Å². The molecule has 2 heterocycles. The molecule has 3 aromatic rings. The molecule has 6 heteroatoms. The third-order valence-electron chi connectivity index (χ3n) is 3.57. The number of nitrogens with one attached hydrogen (secondary N) is 1. The summed E-state index contributed by atoms with van der Waals surface area (Å²) in [5.74, 6) is 0.0969. The van der Waals surface area contributed by atoms with Gasteiger partial charge >= 0.3 is 0 Å². The normalized spacial score (nSPS) is 14.8. The number of aromatic nitrogens is 4. The fourth-order valence-electron chi connectivity index (χ4n) is 2.42. The Kier molecular flexibility index (Phi) is 2.26. The summed E-state index contributed by atoms with van der Waals surface area (Å²) in [5.41, 5.74) is 1.73. The van der Waals surface area contributed by atoms with Crippen molar-refractivity contribution in [3.05, 3.63) is 52.3 Å². The molecular formula is C14H11FN4O. The predicted octanol–water partition coefficient (Wildman–Crippen LogP) is 2.13. The van der Waals surface area contributed by atoms with Crippen LogP contribution in [0.1, 0.15) is 24.5 Å². The monoisotopic (exact) mass is 270 g/mol. The quantitative estimate of drug-likeness (QED) is 0.775. The molecule has 100 valence electrons. The molecule has 0 aliphatic heterocycles. The maximum atomic E-state index is 13.0. The number of benzene rings is 1. The van der Waals surface area contributed by atoms with E-state index in [-0.39, 0.29) is 11.4 Å². The smallest absolute Gasteiger partial charge is 0.266 e. The zero-order chi connectivity index (χ0) is 13.7. The van der Waals surface area contributed by atoms with Crippen molar-refractivity contribution in [2.45, 2.75) is 18.8 Å². The molecule has 1 aliphatic carbocycles. The van der Waals surface area contributed by atoms with E-state index >= 15 is 0 Å². The summed E-state index contributed by atoms with van der Waals surface area (Å²) < 4.78 is 14.5. The van der Waals surface area contributed by atoms with Gasteiger partial charge in [-0.3, -0.25) is 4.79 Å². The van der Waals surface area contributed by atoms with Crippen molar-refractivity contribution in [1.82, 2.24) is 20.0 Å². The molecule has 0 saturated heterocycles. The minimum absolute atomic E-state index is 0.286. The van der Waals surface area contributed by atoms with E-state index in [0.29, 0.717) is 17.1 Å². The topological polar surface area (TPSA) is 63.6 Å². The molecule has 0 amide bonds. The number of fused-ring (bicyclic) bond motifs is 1. The lowest BCUT2D eigenvalue weighted by Gasteiger charge is -2.03. The average Bonchev–Trinajstić information content (AvgIpc) is 3.19. The van der Waals surface area contributed by atoms with Gasteiger partial charge in [0.15, 0.2) is 0 Å². The summed E-state index contributed by atoms with van der Waals surface area (Å²) in [7, 11) is 0. The highest BCUT2D eigenvalue weighted by atomic mass is 19.1. The number of hydrogen-bond donors (Lipinski definition) is 1. The summed E-state index contributed by atoms with van der Waals surface area (Å²) in [6, 6.07) is 5.89. The Bertz CT molecular complexity index is 846. The summed E-state index contributed by atoms with van der Waals surface area (Å²) >= 11 is 0. The molecule has 0 unspecified atom stereocenters. The molecule has 0 bridgehead atoms. The summed E-state index contributed by atoms with van der Waals surface area (Å²) in [6.45, 7) is 0. The molecular weight excluding hydrogens is 259 g/mol. The molecule has 1 aliphatic rings. The molecule has 1 aromatic carbocycles. The summed E-state index contributed by atoms with van der Waals surface area (Å²) in [4.78, 5) is 12.0. The van der Waals surface area contributed by atoms with Gasteiger partial charge in [-0.2, -0.15) is 10.2 Å². The summed E-state index contributed by atoms with van der Waals surface area (Å²) in [6.07, 6.45) is 3.85. The van der Waals surface area contributed by atoms with Crippen LogP contribution in [0, 0.1) is 5.82 Å². The van der Waals surface area contributed by atoms with Gasteiger partial charge < -0.3 is 0 Å². The Labute approximate surface area is 113 Å². The highest BCUT2D eigenvalue weighted by molar-refractivity contribution is 5.82. The molecule has 20 heavy (non-hydrogen) atoms. The zero-order valence-electron chi connectivity index (χ0n) is 10.5. The van der Waals surface area contributed by atoms with Crippen LogP contribution in [0.4, 0.5) is 4.39 Å². The van der Waals surface area contributed by atoms with Crippen LogP contribution in [-0.4, -0.2) is 20.0 Å². The maximum Gasteiger partial charge on any atom is 0.290 e. The number of nitrogens with zero attached hydrogens (tertiary/aromatic N) is 3. The first kappa shape index (κ1) is 11.3. The van der Waals surface area contributed by atoms with Gasteiger partial charge in [0.1, 0.15) is 11.3 Å². The molecule has 0 spiro atoms. The number of aromatic amines is 1. The molecule has 5 nitrogen and oxygen atoms in total. The first-order valence-electron chi connectivity index (χ1n) is 6.46. The van der Waals surface area contributed by atoms with Gasteiger partial charge in [0.2, 0.25) is 0 Å². The van der Waals surface area contributed by atoms with E-state index in [4.69, 9.17) is 0 Å². The van der Waals surface area contributed by atoms with E-state index in [2.05, 4.69) is 15.3 Å². The van der Waals surface area contributed by atoms with Gasteiger partial charge in [0, 0.05) is 11.3 Å².